The zero-order chi connectivity index (χ0) is 19.9. The number of thiocarbonyl (C=S) groups is 1. The molecule has 0 saturated carbocycles. The molecule has 0 atom stereocenters. The Morgan fingerprint density at radius 2 is 1.64 bits per heavy atom. The number of fused-ring (bicyclic) bond motifs is 1. The molecule has 0 fully saturated rings. The van der Waals surface area contributed by atoms with Crippen molar-refractivity contribution in [2.24, 2.45) is 0 Å². The summed E-state index contributed by atoms with van der Waals surface area (Å²) in [7, 11) is 0. The topological polar surface area (TPSA) is 79.5 Å². The molecule has 6 nitrogen and oxygen atoms in total. The van der Waals surface area contributed by atoms with E-state index in [2.05, 4.69) is 16.2 Å². The molecule has 142 valence electrons. The highest BCUT2D eigenvalue weighted by Gasteiger charge is 2.09. The van der Waals surface area contributed by atoms with Crippen LogP contribution in [0.2, 0.25) is 0 Å². The fraction of sp³-hybridized carbons (Fsp3) is 0.0952. The van der Waals surface area contributed by atoms with Crippen molar-refractivity contribution >= 4 is 39.9 Å². The fourth-order valence-corrected chi connectivity index (χ4v) is 2.68. The van der Waals surface area contributed by atoms with Crippen LogP contribution in [0.25, 0.3) is 10.8 Å². The summed E-state index contributed by atoms with van der Waals surface area (Å²) in [5, 5.41) is 4.43. The van der Waals surface area contributed by atoms with Gasteiger partial charge in [0.15, 0.2) is 11.7 Å². The van der Waals surface area contributed by atoms with E-state index in [1.165, 1.54) is 0 Å². The third kappa shape index (κ3) is 5.05. The van der Waals surface area contributed by atoms with Crippen LogP contribution in [0.15, 0.2) is 66.7 Å². The van der Waals surface area contributed by atoms with Gasteiger partial charge in [-0.15, -0.1) is 0 Å². The molecule has 3 aromatic rings. The first-order chi connectivity index (χ1) is 13.5. The number of aryl methyl sites for hydroxylation is 1. The summed E-state index contributed by atoms with van der Waals surface area (Å²) in [6.07, 6.45) is 0. The molecule has 2 amide bonds. The van der Waals surface area contributed by atoms with Gasteiger partial charge in [0.05, 0.1) is 0 Å². The molecule has 0 spiro atoms. The third-order valence-electron chi connectivity index (χ3n) is 3.96. The van der Waals surface area contributed by atoms with Crippen molar-refractivity contribution in [3.63, 3.8) is 0 Å². The first kappa shape index (κ1) is 19.3. The van der Waals surface area contributed by atoms with E-state index in [0.29, 0.717) is 11.3 Å². The van der Waals surface area contributed by atoms with Crippen LogP contribution in [0.3, 0.4) is 0 Å². The summed E-state index contributed by atoms with van der Waals surface area (Å²) in [6, 6.07) is 20.4. The van der Waals surface area contributed by atoms with Crippen molar-refractivity contribution in [1.82, 2.24) is 16.2 Å². The molecular formula is C21H19N3O3S. The number of rotatable bonds is 4. The molecule has 0 heterocycles. The van der Waals surface area contributed by atoms with Gasteiger partial charge < -0.3 is 4.74 Å². The molecule has 0 aliphatic carbocycles. The van der Waals surface area contributed by atoms with Crippen molar-refractivity contribution in [2.75, 3.05) is 6.61 Å². The number of ether oxygens (including phenoxy) is 1. The zero-order valence-corrected chi connectivity index (χ0v) is 16.0. The van der Waals surface area contributed by atoms with Gasteiger partial charge in [-0.1, -0.05) is 54.1 Å². The maximum absolute atomic E-state index is 12.1. The van der Waals surface area contributed by atoms with Crippen LogP contribution in [0, 0.1) is 6.92 Å². The molecule has 28 heavy (non-hydrogen) atoms. The number of hydrazine groups is 1. The summed E-state index contributed by atoms with van der Waals surface area (Å²) >= 11 is 5.02. The number of benzene rings is 3. The normalized spacial score (nSPS) is 10.2. The first-order valence-electron chi connectivity index (χ1n) is 8.60. The van der Waals surface area contributed by atoms with E-state index >= 15 is 0 Å². The van der Waals surface area contributed by atoms with E-state index in [-0.39, 0.29) is 17.6 Å². The predicted molar refractivity (Wildman–Crippen MR) is 112 cm³/mol. The average Bonchev–Trinajstić information content (AvgIpc) is 2.71. The summed E-state index contributed by atoms with van der Waals surface area (Å²) in [5.74, 6) is -0.179. The summed E-state index contributed by atoms with van der Waals surface area (Å²) in [5.41, 5.74) is 6.41. The van der Waals surface area contributed by atoms with Gasteiger partial charge in [-0.25, -0.2) is 0 Å². The highest BCUT2D eigenvalue weighted by Crippen LogP contribution is 2.24. The minimum absolute atomic E-state index is 0.0101. The Morgan fingerprint density at radius 3 is 2.43 bits per heavy atom. The van der Waals surface area contributed by atoms with Gasteiger partial charge in [-0.2, -0.15) is 0 Å². The van der Waals surface area contributed by atoms with Crippen molar-refractivity contribution < 1.29 is 14.3 Å². The standard InChI is InChI=1S/C21H19N3O3S/c1-14-9-11-16(12-10-14)20(26)22-21(28)24-23-19(25)13-27-18-8-4-6-15-5-2-3-7-17(15)18/h2-12H,13H2,1H3,(H,23,25)(H2,22,24,26,28). The summed E-state index contributed by atoms with van der Waals surface area (Å²) in [4.78, 5) is 24.0. The fourth-order valence-electron chi connectivity index (χ4n) is 2.54. The van der Waals surface area contributed by atoms with Gasteiger partial charge in [0.25, 0.3) is 11.8 Å². The summed E-state index contributed by atoms with van der Waals surface area (Å²) in [6.45, 7) is 1.74. The minimum Gasteiger partial charge on any atom is -0.483 e. The molecule has 0 unspecified atom stereocenters. The predicted octanol–water partition coefficient (Wildman–Crippen LogP) is 2.86. The van der Waals surface area contributed by atoms with Gasteiger partial charge >= 0.3 is 0 Å². The maximum Gasteiger partial charge on any atom is 0.276 e. The maximum atomic E-state index is 12.1. The largest absolute Gasteiger partial charge is 0.483 e. The molecule has 3 rings (SSSR count). The van der Waals surface area contributed by atoms with E-state index in [4.69, 9.17) is 17.0 Å². The number of hydrogen-bond acceptors (Lipinski definition) is 4. The lowest BCUT2D eigenvalue weighted by Crippen LogP contribution is -2.49. The summed E-state index contributed by atoms with van der Waals surface area (Å²) < 4.78 is 5.59. The van der Waals surface area contributed by atoms with E-state index in [1.807, 2.05) is 55.5 Å². The lowest BCUT2D eigenvalue weighted by atomic mass is 10.1. The molecule has 0 bridgehead atoms. The van der Waals surface area contributed by atoms with Crippen LogP contribution in [0.1, 0.15) is 15.9 Å². The number of amides is 2. The molecule has 0 radical (unpaired) electrons. The van der Waals surface area contributed by atoms with Crippen molar-refractivity contribution in [2.45, 2.75) is 6.92 Å². The Balaban J connectivity index is 1.46. The van der Waals surface area contributed by atoms with Crippen molar-refractivity contribution in [3.05, 3.63) is 77.9 Å². The van der Waals surface area contributed by atoms with Crippen LogP contribution < -0.4 is 20.9 Å². The second-order valence-corrected chi connectivity index (χ2v) is 6.50. The van der Waals surface area contributed by atoms with Gasteiger partial charge in [0.1, 0.15) is 5.75 Å². The highest BCUT2D eigenvalue weighted by atomic mass is 32.1. The Labute approximate surface area is 167 Å². The lowest BCUT2D eigenvalue weighted by Gasteiger charge is -2.12. The van der Waals surface area contributed by atoms with Crippen LogP contribution >= 0.6 is 12.2 Å². The first-order valence-corrected chi connectivity index (χ1v) is 9.01. The number of nitrogens with one attached hydrogen (secondary N) is 3. The molecule has 0 aliphatic rings. The van der Waals surface area contributed by atoms with E-state index < -0.39 is 5.91 Å². The average molecular weight is 393 g/mol. The SMILES string of the molecule is Cc1ccc(C(=O)NC(=S)NNC(=O)COc2cccc3ccccc23)cc1. The molecular weight excluding hydrogens is 374 g/mol. The van der Waals surface area contributed by atoms with Crippen LogP contribution in [0.5, 0.6) is 5.75 Å². The van der Waals surface area contributed by atoms with E-state index in [1.54, 1.807) is 18.2 Å². The van der Waals surface area contributed by atoms with Crippen LogP contribution in [-0.4, -0.2) is 23.5 Å². The Kier molecular flexibility index (Phi) is 6.18. The smallest absolute Gasteiger partial charge is 0.276 e. The molecule has 3 N–H and O–H groups in total. The van der Waals surface area contributed by atoms with Gasteiger partial charge in [-0.05, 0) is 42.7 Å². The minimum atomic E-state index is -0.431. The van der Waals surface area contributed by atoms with Crippen molar-refractivity contribution in [3.8, 4) is 5.75 Å². The van der Waals surface area contributed by atoms with Crippen LogP contribution in [-0.2, 0) is 4.79 Å². The zero-order valence-electron chi connectivity index (χ0n) is 15.2. The van der Waals surface area contributed by atoms with E-state index in [9.17, 15) is 9.59 Å². The highest BCUT2D eigenvalue weighted by molar-refractivity contribution is 7.80. The lowest BCUT2D eigenvalue weighted by molar-refractivity contribution is -0.123. The number of carbonyl (C=O) groups is 2. The monoisotopic (exact) mass is 393 g/mol. The van der Waals surface area contributed by atoms with Gasteiger partial charge in [-0.3, -0.25) is 25.8 Å². The molecule has 3 aromatic carbocycles. The van der Waals surface area contributed by atoms with Crippen LogP contribution in [0.4, 0.5) is 0 Å². The second-order valence-electron chi connectivity index (χ2n) is 6.09. The van der Waals surface area contributed by atoms with Crippen molar-refractivity contribution in [1.29, 1.82) is 0 Å². The Hall–Kier alpha value is -3.45. The van der Waals surface area contributed by atoms with Gasteiger partial charge in [0, 0.05) is 10.9 Å². The Morgan fingerprint density at radius 1 is 0.929 bits per heavy atom. The molecule has 0 aromatic heterocycles. The second kappa shape index (κ2) is 8.96. The Bertz CT molecular complexity index is 1010. The third-order valence-corrected chi connectivity index (χ3v) is 4.17. The van der Waals surface area contributed by atoms with E-state index in [0.717, 1.165) is 16.3 Å². The van der Waals surface area contributed by atoms with Gasteiger partial charge in [0.2, 0.25) is 0 Å². The molecule has 7 heteroatoms. The molecule has 0 saturated heterocycles. The number of carbonyl (C=O) groups excluding carboxylic acids is 2. The molecule has 0 aliphatic heterocycles. The quantitative estimate of drug-likeness (QED) is 0.469. The number of hydrogen-bond donors (Lipinski definition) is 3.